The molecule has 1 rings (SSSR count). The van der Waals surface area contributed by atoms with Crippen LogP contribution in [0.4, 0.5) is 0 Å². The predicted molar refractivity (Wildman–Crippen MR) is 80.2 cm³/mol. The highest BCUT2D eigenvalue weighted by molar-refractivity contribution is 5.54. The normalized spacial score (nSPS) is 11.8. The van der Waals surface area contributed by atoms with Crippen molar-refractivity contribution >= 4 is 0 Å². The van der Waals surface area contributed by atoms with Gasteiger partial charge in [-0.25, -0.2) is 0 Å². The monoisotopic (exact) mass is 280 g/mol. The summed E-state index contributed by atoms with van der Waals surface area (Å²) in [5, 5.41) is 0. The molecule has 0 radical (unpaired) electrons. The minimum atomic E-state index is 0.000376. The first-order chi connectivity index (χ1) is 9.57. The van der Waals surface area contributed by atoms with Crippen LogP contribution in [0.3, 0.4) is 0 Å². The number of methoxy groups -OCH3 is 3. The van der Waals surface area contributed by atoms with Crippen LogP contribution in [0, 0.1) is 0 Å². The van der Waals surface area contributed by atoms with Crippen LogP contribution in [-0.4, -0.2) is 21.3 Å². The van der Waals surface area contributed by atoms with E-state index in [4.69, 9.17) is 20.1 Å². The van der Waals surface area contributed by atoms with Crippen molar-refractivity contribution in [1.82, 2.24) is 5.43 Å². The zero-order valence-corrected chi connectivity index (χ0v) is 12.7. The number of hydrazine groups is 1. The molecule has 3 N–H and O–H groups in total. The molecule has 0 aliphatic carbocycles. The van der Waals surface area contributed by atoms with Crippen molar-refractivity contribution in [3.05, 3.63) is 29.8 Å². The molecule has 5 heteroatoms. The molecule has 0 heterocycles. The van der Waals surface area contributed by atoms with Crippen molar-refractivity contribution in [2.24, 2.45) is 5.84 Å². The summed E-state index contributed by atoms with van der Waals surface area (Å²) >= 11 is 0. The summed E-state index contributed by atoms with van der Waals surface area (Å²) in [6.07, 6.45) is 1.75. The quantitative estimate of drug-likeness (QED) is 0.435. The van der Waals surface area contributed by atoms with Crippen molar-refractivity contribution < 1.29 is 14.2 Å². The molecule has 0 fully saturated rings. The first-order valence-corrected chi connectivity index (χ1v) is 6.47. The molecule has 1 aromatic rings. The van der Waals surface area contributed by atoms with Crippen LogP contribution in [-0.2, 0) is 0 Å². The van der Waals surface area contributed by atoms with Gasteiger partial charge >= 0.3 is 0 Å². The molecule has 5 nitrogen and oxygen atoms in total. The Morgan fingerprint density at radius 3 is 2.10 bits per heavy atom. The highest BCUT2D eigenvalue weighted by Gasteiger charge is 2.18. The molecule has 0 bridgehead atoms. The topological polar surface area (TPSA) is 65.7 Å². The van der Waals surface area contributed by atoms with Gasteiger partial charge in [0.2, 0.25) is 5.75 Å². The van der Waals surface area contributed by atoms with Crippen molar-refractivity contribution in [2.75, 3.05) is 21.3 Å². The molecule has 0 saturated carbocycles. The van der Waals surface area contributed by atoms with Gasteiger partial charge in [0, 0.05) is 6.04 Å². The van der Waals surface area contributed by atoms with Gasteiger partial charge in [0.15, 0.2) is 11.5 Å². The smallest absolute Gasteiger partial charge is 0.203 e. The van der Waals surface area contributed by atoms with Gasteiger partial charge in [0.25, 0.3) is 0 Å². The van der Waals surface area contributed by atoms with Crippen molar-refractivity contribution in [3.63, 3.8) is 0 Å². The number of allylic oxidation sites excluding steroid dienone is 1. The Bertz CT molecular complexity index is 435. The molecule has 0 saturated heterocycles. The Hall–Kier alpha value is -1.72. The van der Waals surface area contributed by atoms with Gasteiger partial charge in [0.05, 0.1) is 21.3 Å². The number of nitrogens with one attached hydrogen (secondary N) is 1. The molecule has 112 valence electrons. The van der Waals surface area contributed by atoms with E-state index in [2.05, 4.69) is 12.0 Å². The van der Waals surface area contributed by atoms with E-state index in [1.165, 1.54) is 0 Å². The van der Waals surface area contributed by atoms with E-state index in [1.54, 1.807) is 21.3 Å². The summed E-state index contributed by atoms with van der Waals surface area (Å²) in [6, 6.07) is 3.81. The maximum atomic E-state index is 5.65. The summed E-state index contributed by atoms with van der Waals surface area (Å²) < 4.78 is 16.0. The fourth-order valence-electron chi connectivity index (χ4n) is 2.04. The first kappa shape index (κ1) is 16.3. The third-order valence-corrected chi connectivity index (χ3v) is 3.15. The minimum Gasteiger partial charge on any atom is -0.493 e. The summed E-state index contributed by atoms with van der Waals surface area (Å²) in [5.74, 6) is 7.48. The SMILES string of the molecule is C=C(C)CCC(NN)c1cc(OC)c(OC)c(OC)c1. The molecule has 0 spiro atoms. The Balaban J connectivity index is 3.12. The first-order valence-electron chi connectivity index (χ1n) is 6.47. The lowest BCUT2D eigenvalue weighted by Gasteiger charge is -2.20. The van der Waals surface area contributed by atoms with Crippen molar-refractivity contribution in [3.8, 4) is 17.2 Å². The van der Waals surface area contributed by atoms with Crippen LogP contribution in [0.25, 0.3) is 0 Å². The average Bonchev–Trinajstić information content (AvgIpc) is 2.46. The summed E-state index contributed by atoms with van der Waals surface area (Å²) in [5.41, 5.74) is 4.93. The zero-order chi connectivity index (χ0) is 15.1. The zero-order valence-electron chi connectivity index (χ0n) is 12.7. The highest BCUT2D eigenvalue weighted by atomic mass is 16.5. The van der Waals surface area contributed by atoms with E-state index in [-0.39, 0.29) is 6.04 Å². The van der Waals surface area contributed by atoms with Gasteiger partial charge in [0.1, 0.15) is 0 Å². The van der Waals surface area contributed by atoms with Gasteiger partial charge in [-0.05, 0) is 37.5 Å². The van der Waals surface area contributed by atoms with Crippen LogP contribution in [0.2, 0.25) is 0 Å². The molecule has 0 aliphatic heterocycles. The fraction of sp³-hybridized carbons (Fsp3) is 0.467. The molecule has 20 heavy (non-hydrogen) atoms. The largest absolute Gasteiger partial charge is 0.493 e. The lowest BCUT2D eigenvalue weighted by molar-refractivity contribution is 0.322. The van der Waals surface area contributed by atoms with E-state index in [1.807, 2.05) is 19.1 Å². The molecule has 0 amide bonds. The maximum absolute atomic E-state index is 5.65. The number of rotatable bonds is 8. The Labute approximate surface area is 120 Å². The van der Waals surface area contributed by atoms with Gasteiger partial charge in [-0.1, -0.05) is 5.57 Å². The Kier molecular flexibility index (Phi) is 6.35. The standard InChI is InChI=1S/C15H24N2O3/c1-10(2)6-7-12(17-16)11-8-13(18-3)15(20-5)14(9-11)19-4/h8-9,12,17H,1,6-7,16H2,2-5H3. The van der Waals surface area contributed by atoms with E-state index >= 15 is 0 Å². The molecule has 0 aromatic heterocycles. The molecule has 1 atom stereocenters. The summed E-state index contributed by atoms with van der Waals surface area (Å²) in [4.78, 5) is 0. The minimum absolute atomic E-state index is 0.000376. The average molecular weight is 280 g/mol. The third kappa shape index (κ3) is 3.88. The van der Waals surface area contributed by atoms with Gasteiger partial charge < -0.3 is 14.2 Å². The predicted octanol–water partition coefficient (Wildman–Crippen LogP) is 2.57. The number of benzene rings is 1. The lowest BCUT2D eigenvalue weighted by atomic mass is 9.99. The molecular weight excluding hydrogens is 256 g/mol. The van der Waals surface area contributed by atoms with Crippen LogP contribution in [0.5, 0.6) is 17.2 Å². The Morgan fingerprint density at radius 2 is 1.75 bits per heavy atom. The number of hydrogen-bond acceptors (Lipinski definition) is 5. The summed E-state index contributed by atoms with van der Waals surface area (Å²) in [6.45, 7) is 5.91. The van der Waals surface area contributed by atoms with E-state index < -0.39 is 0 Å². The van der Waals surface area contributed by atoms with Crippen LogP contribution >= 0.6 is 0 Å². The maximum Gasteiger partial charge on any atom is 0.203 e. The number of ether oxygens (including phenoxy) is 3. The molecule has 1 unspecified atom stereocenters. The van der Waals surface area contributed by atoms with Crippen LogP contribution < -0.4 is 25.5 Å². The van der Waals surface area contributed by atoms with E-state index in [9.17, 15) is 0 Å². The van der Waals surface area contributed by atoms with E-state index in [0.29, 0.717) is 17.2 Å². The van der Waals surface area contributed by atoms with Crippen LogP contribution in [0.1, 0.15) is 31.4 Å². The number of nitrogens with two attached hydrogens (primary N) is 1. The van der Waals surface area contributed by atoms with Crippen molar-refractivity contribution in [1.29, 1.82) is 0 Å². The second-order valence-corrected chi connectivity index (χ2v) is 4.67. The molecular formula is C15H24N2O3. The highest BCUT2D eigenvalue weighted by Crippen LogP contribution is 2.40. The second kappa shape index (κ2) is 7.77. The van der Waals surface area contributed by atoms with Crippen molar-refractivity contribution in [2.45, 2.75) is 25.8 Å². The number of hydrogen-bond donors (Lipinski definition) is 2. The van der Waals surface area contributed by atoms with E-state index in [0.717, 1.165) is 24.0 Å². The van der Waals surface area contributed by atoms with Gasteiger partial charge in [-0.15, -0.1) is 6.58 Å². The third-order valence-electron chi connectivity index (χ3n) is 3.15. The molecule has 0 aliphatic rings. The second-order valence-electron chi connectivity index (χ2n) is 4.67. The molecule has 1 aromatic carbocycles. The Morgan fingerprint density at radius 1 is 1.20 bits per heavy atom. The summed E-state index contributed by atoms with van der Waals surface area (Å²) in [7, 11) is 4.78. The lowest BCUT2D eigenvalue weighted by Crippen LogP contribution is -2.28. The van der Waals surface area contributed by atoms with Gasteiger partial charge in [-0.2, -0.15) is 0 Å². The van der Waals surface area contributed by atoms with Crippen LogP contribution in [0.15, 0.2) is 24.3 Å². The fourth-order valence-corrected chi connectivity index (χ4v) is 2.04. The van der Waals surface area contributed by atoms with Gasteiger partial charge in [-0.3, -0.25) is 11.3 Å².